The molecule has 1 aromatic heterocycles. The average molecular weight is 521 g/mol. The van der Waals surface area contributed by atoms with E-state index in [1.807, 2.05) is 17.0 Å². The van der Waals surface area contributed by atoms with Gasteiger partial charge in [0.25, 0.3) is 0 Å². The number of piperidine rings is 1. The highest BCUT2D eigenvalue weighted by Crippen LogP contribution is 2.67. The quantitative estimate of drug-likeness (QED) is 0.456. The van der Waals surface area contributed by atoms with E-state index < -0.39 is 17.1 Å². The summed E-state index contributed by atoms with van der Waals surface area (Å²) in [6.07, 6.45) is 8.79. The molecule has 4 aliphatic rings. The average Bonchev–Trinajstić information content (AvgIpc) is 3.50. The highest BCUT2D eigenvalue weighted by atomic mass is 16.6. The molecule has 1 saturated carbocycles. The number of rotatable bonds is 6. The monoisotopic (exact) mass is 520 g/mol. The van der Waals surface area contributed by atoms with Crippen LogP contribution in [0.1, 0.15) is 56.7 Å². The lowest BCUT2D eigenvalue weighted by molar-refractivity contribution is -0.221. The van der Waals surface area contributed by atoms with Crippen LogP contribution in [0, 0.1) is 5.92 Å². The number of likely N-dealkylation sites (N-methyl/N-ethyl adjacent to an activating group) is 1. The van der Waals surface area contributed by atoms with Crippen molar-refractivity contribution < 1.29 is 28.6 Å². The third-order valence-corrected chi connectivity index (χ3v) is 9.19. The number of nitrogens with zero attached hydrogens (tertiary/aromatic N) is 2. The number of hydrogen-bond acceptors (Lipinski definition) is 7. The Morgan fingerprint density at radius 1 is 1.29 bits per heavy atom. The zero-order valence-corrected chi connectivity index (χ0v) is 22.5. The molecule has 5 atom stereocenters. The van der Waals surface area contributed by atoms with E-state index in [1.54, 1.807) is 30.7 Å². The Morgan fingerprint density at radius 2 is 2.11 bits per heavy atom. The molecule has 2 aromatic rings. The maximum atomic E-state index is 13.8. The van der Waals surface area contributed by atoms with Crippen molar-refractivity contribution in [1.82, 2.24) is 9.80 Å². The first-order valence-electron chi connectivity index (χ1n) is 13.6. The first-order chi connectivity index (χ1) is 18.2. The zero-order valence-electron chi connectivity index (χ0n) is 22.5. The summed E-state index contributed by atoms with van der Waals surface area (Å²) in [4.78, 5) is 30.7. The van der Waals surface area contributed by atoms with Crippen molar-refractivity contribution in [1.29, 1.82) is 0 Å². The molecule has 0 radical (unpaired) electrons. The second-order valence-corrected chi connectivity index (χ2v) is 11.8. The fourth-order valence-corrected chi connectivity index (χ4v) is 7.89. The molecule has 2 aliphatic carbocycles. The molecular weight excluding hydrogens is 484 g/mol. The van der Waals surface area contributed by atoms with Gasteiger partial charge >= 0.3 is 5.97 Å². The second-order valence-electron chi connectivity index (χ2n) is 11.8. The topological polar surface area (TPSA) is 92.5 Å². The van der Waals surface area contributed by atoms with Crippen LogP contribution in [0.15, 0.2) is 41.2 Å². The van der Waals surface area contributed by atoms with E-state index in [-0.39, 0.29) is 35.6 Å². The van der Waals surface area contributed by atoms with Crippen molar-refractivity contribution in [2.75, 3.05) is 20.1 Å². The summed E-state index contributed by atoms with van der Waals surface area (Å²) in [7, 11) is 2.10. The van der Waals surface area contributed by atoms with Crippen molar-refractivity contribution >= 4 is 18.0 Å². The molecule has 38 heavy (non-hydrogen) atoms. The van der Waals surface area contributed by atoms with Gasteiger partial charge < -0.3 is 23.9 Å². The predicted molar refractivity (Wildman–Crippen MR) is 141 cm³/mol. The van der Waals surface area contributed by atoms with Crippen molar-refractivity contribution in [2.45, 2.75) is 75.7 Å². The molecule has 2 bridgehead atoms. The largest absolute Gasteiger partial charge is 0.504 e. The number of likely N-dealkylation sites (tertiary alicyclic amines) is 1. The number of ether oxygens (including phenoxy) is 2. The van der Waals surface area contributed by atoms with Gasteiger partial charge in [-0.25, -0.2) is 0 Å². The molecule has 1 spiro atoms. The standard InChI is InChI=1S/C30H36N2O6/c1-18(2)16-32(25(35)8-5-20-10-14-36-17-20)22-9-11-30(38-19(3)33)24-15-21-6-7-23(34)27-26(21)29(30,28(22)37-27)12-13-31(24)4/h5-8,10,14,17-18,22,24,28,34H,9,11-13,15-16H2,1-4H3/b8-5+/t22-,24-,28+,29+,30-/m1/s1. The van der Waals surface area contributed by atoms with E-state index in [0.29, 0.717) is 31.6 Å². The molecule has 1 amide bonds. The fourth-order valence-electron chi connectivity index (χ4n) is 7.89. The fraction of sp³-hybridized carbons (Fsp3) is 0.533. The van der Waals surface area contributed by atoms with Crippen LogP contribution < -0.4 is 4.74 Å². The summed E-state index contributed by atoms with van der Waals surface area (Å²) in [5, 5.41) is 11.0. The molecule has 1 saturated heterocycles. The number of benzene rings is 1. The van der Waals surface area contributed by atoms with Crippen LogP contribution in [0.25, 0.3) is 6.08 Å². The van der Waals surface area contributed by atoms with Gasteiger partial charge in [-0.3, -0.25) is 14.5 Å². The van der Waals surface area contributed by atoms with Gasteiger partial charge in [0.05, 0.1) is 30.0 Å². The summed E-state index contributed by atoms with van der Waals surface area (Å²) >= 11 is 0. The minimum Gasteiger partial charge on any atom is -0.504 e. The van der Waals surface area contributed by atoms with E-state index in [2.05, 4.69) is 25.8 Å². The predicted octanol–water partition coefficient (Wildman–Crippen LogP) is 3.91. The minimum atomic E-state index is -0.793. The number of furan rings is 1. The van der Waals surface area contributed by atoms with E-state index in [9.17, 15) is 14.7 Å². The van der Waals surface area contributed by atoms with Crippen LogP contribution in [0.4, 0.5) is 0 Å². The Morgan fingerprint density at radius 3 is 2.82 bits per heavy atom. The zero-order chi connectivity index (χ0) is 26.8. The van der Waals surface area contributed by atoms with Crippen LogP contribution in [0.3, 0.4) is 0 Å². The third-order valence-electron chi connectivity index (χ3n) is 9.19. The van der Waals surface area contributed by atoms with Crippen molar-refractivity contribution in [2.24, 2.45) is 5.92 Å². The molecule has 8 heteroatoms. The molecule has 8 nitrogen and oxygen atoms in total. The van der Waals surface area contributed by atoms with Crippen LogP contribution in [0.2, 0.25) is 0 Å². The Balaban J connectivity index is 1.48. The molecule has 1 aromatic carbocycles. The lowest BCUT2D eigenvalue weighted by Crippen LogP contribution is -2.79. The first-order valence-corrected chi connectivity index (χ1v) is 13.6. The number of phenols is 1. The van der Waals surface area contributed by atoms with E-state index >= 15 is 0 Å². The summed E-state index contributed by atoms with van der Waals surface area (Å²) in [6, 6.07) is 5.25. The van der Waals surface area contributed by atoms with Crippen molar-refractivity contribution in [3.05, 3.63) is 53.5 Å². The Bertz CT molecular complexity index is 1290. The van der Waals surface area contributed by atoms with E-state index in [1.165, 1.54) is 6.92 Å². The number of carbonyl (C=O) groups is 2. The van der Waals surface area contributed by atoms with Crippen molar-refractivity contribution in [3.8, 4) is 11.5 Å². The number of esters is 1. The van der Waals surface area contributed by atoms with Gasteiger partial charge in [0.1, 0.15) is 11.7 Å². The van der Waals surface area contributed by atoms with Gasteiger partial charge in [-0.2, -0.15) is 0 Å². The number of aromatic hydroxyl groups is 1. The highest BCUT2D eigenvalue weighted by Gasteiger charge is 2.75. The van der Waals surface area contributed by atoms with E-state index in [0.717, 1.165) is 29.7 Å². The lowest BCUT2D eigenvalue weighted by Gasteiger charge is -2.65. The Labute approximate surface area is 223 Å². The second kappa shape index (κ2) is 8.90. The lowest BCUT2D eigenvalue weighted by atomic mass is 9.48. The van der Waals surface area contributed by atoms with Crippen LogP contribution in [-0.4, -0.2) is 70.7 Å². The number of amides is 1. The first kappa shape index (κ1) is 25.0. The third kappa shape index (κ3) is 3.45. The molecular formula is C30H36N2O6. The molecule has 2 aliphatic heterocycles. The molecule has 3 heterocycles. The Kier molecular flexibility index (Phi) is 5.87. The molecule has 6 rings (SSSR count). The molecule has 2 fully saturated rings. The van der Waals surface area contributed by atoms with Crippen LogP contribution >= 0.6 is 0 Å². The summed E-state index contributed by atoms with van der Waals surface area (Å²) in [5.74, 6) is 0.428. The number of hydrogen-bond donors (Lipinski definition) is 1. The molecule has 202 valence electrons. The van der Waals surface area contributed by atoms with Gasteiger partial charge in [-0.05, 0) is 69.0 Å². The summed E-state index contributed by atoms with van der Waals surface area (Å²) in [6.45, 7) is 7.06. The van der Waals surface area contributed by atoms with Gasteiger partial charge in [0.15, 0.2) is 11.5 Å². The van der Waals surface area contributed by atoms with Crippen molar-refractivity contribution in [3.63, 3.8) is 0 Å². The smallest absolute Gasteiger partial charge is 0.303 e. The van der Waals surface area contributed by atoms with Crippen LogP contribution in [-0.2, 0) is 26.2 Å². The maximum absolute atomic E-state index is 13.8. The SMILES string of the molecule is CC(=O)O[C@@]12CC[C@@H](N(CC(C)C)C(=O)/C=C/c3ccoc3)[C@@H]3Oc4c(O)ccc5c4[C@@]31CCN(C)[C@@H]2C5. The molecule has 0 unspecified atom stereocenters. The normalized spacial score (nSPS) is 31.2. The number of carbonyl (C=O) groups excluding carboxylic acids is 2. The number of phenolic OH excluding ortho intramolecular Hbond substituents is 1. The van der Waals surface area contributed by atoms with Gasteiger partial charge in [0.2, 0.25) is 5.91 Å². The molecule has 1 N–H and O–H groups in total. The Hall–Kier alpha value is -3.26. The minimum absolute atomic E-state index is 0.00886. The maximum Gasteiger partial charge on any atom is 0.303 e. The highest BCUT2D eigenvalue weighted by molar-refractivity contribution is 5.92. The summed E-state index contributed by atoms with van der Waals surface area (Å²) < 4.78 is 18.3. The van der Waals surface area contributed by atoms with Crippen LogP contribution in [0.5, 0.6) is 11.5 Å². The summed E-state index contributed by atoms with van der Waals surface area (Å²) in [5.41, 5.74) is 1.48. The van der Waals surface area contributed by atoms with Gasteiger partial charge in [-0.15, -0.1) is 0 Å². The van der Waals surface area contributed by atoms with Gasteiger partial charge in [-0.1, -0.05) is 19.9 Å². The van der Waals surface area contributed by atoms with Gasteiger partial charge in [0, 0.05) is 30.7 Å². The van der Waals surface area contributed by atoms with E-state index in [4.69, 9.17) is 13.9 Å².